The molecule has 2 amide bonds. The molecule has 2 saturated carbocycles. The summed E-state index contributed by atoms with van der Waals surface area (Å²) in [6.45, 7) is 3.57. The van der Waals surface area contributed by atoms with Crippen molar-refractivity contribution in [2.75, 3.05) is 13.1 Å². The molecule has 7 heteroatoms. The summed E-state index contributed by atoms with van der Waals surface area (Å²) in [5.41, 5.74) is 0.517. The van der Waals surface area contributed by atoms with Gasteiger partial charge in [0.25, 0.3) is 11.8 Å². The van der Waals surface area contributed by atoms with Crippen LogP contribution in [0.15, 0.2) is 17.5 Å². The summed E-state index contributed by atoms with van der Waals surface area (Å²) in [7, 11) is 1.88. The van der Waals surface area contributed by atoms with Gasteiger partial charge < -0.3 is 9.47 Å². The molecule has 1 aromatic rings. The first-order valence-electron chi connectivity index (χ1n) is 11.5. The Morgan fingerprint density at radius 2 is 2.03 bits per heavy atom. The SMILES string of the molecule is Cn1cnc(C(=O)N2CCC(CC3(C)SC(C[C@H]4C[C@@H]5CC[C@H]4C5)=NC3=O)CC2)c1. The van der Waals surface area contributed by atoms with E-state index >= 15 is 0 Å². The van der Waals surface area contributed by atoms with E-state index < -0.39 is 4.75 Å². The molecule has 1 aromatic heterocycles. The molecule has 0 N–H and O–H groups in total. The van der Waals surface area contributed by atoms with Crippen LogP contribution in [-0.2, 0) is 11.8 Å². The number of nitrogens with zero attached hydrogens (tertiary/aromatic N) is 4. The molecule has 162 valence electrons. The molecule has 30 heavy (non-hydrogen) atoms. The number of aromatic nitrogens is 2. The van der Waals surface area contributed by atoms with Gasteiger partial charge >= 0.3 is 0 Å². The van der Waals surface area contributed by atoms with E-state index in [4.69, 9.17) is 0 Å². The molecule has 0 spiro atoms. The molecule has 4 atom stereocenters. The zero-order valence-corrected chi connectivity index (χ0v) is 18.9. The maximum Gasteiger partial charge on any atom is 0.274 e. The summed E-state index contributed by atoms with van der Waals surface area (Å²) in [5.74, 6) is 3.12. The Morgan fingerprint density at radius 1 is 1.23 bits per heavy atom. The lowest BCUT2D eigenvalue weighted by Gasteiger charge is -2.34. The Kier molecular flexibility index (Phi) is 5.28. The van der Waals surface area contributed by atoms with E-state index in [-0.39, 0.29) is 11.8 Å². The van der Waals surface area contributed by atoms with E-state index in [1.165, 1.54) is 25.7 Å². The molecule has 2 aliphatic heterocycles. The number of aliphatic imine (C=N–C) groups is 1. The highest BCUT2D eigenvalue weighted by atomic mass is 32.2. The normalized spacial score (nSPS) is 34.1. The standard InChI is InChI=1S/C23H32N4O2S/c1-23(22(29)25-20(30-23)11-18-10-16-3-4-17(18)9-16)12-15-5-7-27(8-6-15)21(28)19-13-26(2)14-24-19/h13-18H,3-12H2,1-2H3/t16-,17+,18-,23?/m1/s1. The first kappa shape index (κ1) is 20.3. The predicted molar refractivity (Wildman–Crippen MR) is 118 cm³/mol. The minimum absolute atomic E-state index is 0.0167. The number of fused-ring (bicyclic) bond motifs is 2. The molecular formula is C23H32N4O2S. The number of likely N-dealkylation sites (tertiary alicyclic amines) is 1. The zero-order chi connectivity index (χ0) is 20.9. The Hall–Kier alpha value is -1.63. The third-order valence-corrected chi connectivity index (χ3v) is 9.13. The highest BCUT2D eigenvalue weighted by Crippen LogP contribution is 2.51. The third kappa shape index (κ3) is 3.85. The van der Waals surface area contributed by atoms with Gasteiger partial charge in [-0.2, -0.15) is 0 Å². The van der Waals surface area contributed by atoms with Gasteiger partial charge in [0.15, 0.2) is 0 Å². The Labute approximate surface area is 182 Å². The average molecular weight is 429 g/mol. The second-order valence-corrected chi connectivity index (χ2v) is 11.7. The minimum Gasteiger partial charge on any atom is -0.340 e. The van der Waals surface area contributed by atoms with Gasteiger partial charge in [-0.1, -0.05) is 18.2 Å². The number of hydrogen-bond donors (Lipinski definition) is 0. The highest BCUT2D eigenvalue weighted by Gasteiger charge is 2.46. The van der Waals surface area contributed by atoms with E-state index in [9.17, 15) is 9.59 Å². The van der Waals surface area contributed by atoms with Crippen molar-refractivity contribution in [1.82, 2.24) is 14.5 Å². The van der Waals surface area contributed by atoms with E-state index in [2.05, 4.69) is 16.9 Å². The van der Waals surface area contributed by atoms with Crippen molar-refractivity contribution in [3.05, 3.63) is 18.2 Å². The molecule has 1 unspecified atom stereocenters. The van der Waals surface area contributed by atoms with Crippen LogP contribution >= 0.6 is 11.8 Å². The van der Waals surface area contributed by atoms with Crippen LogP contribution in [0.3, 0.4) is 0 Å². The van der Waals surface area contributed by atoms with Crippen molar-refractivity contribution in [2.24, 2.45) is 35.7 Å². The third-order valence-electron chi connectivity index (χ3n) is 7.85. The number of rotatable bonds is 5. The number of hydrogen-bond acceptors (Lipinski definition) is 4. The maximum absolute atomic E-state index is 12.8. The number of imidazole rings is 1. The second-order valence-electron chi connectivity index (χ2n) is 10.1. The van der Waals surface area contributed by atoms with Crippen molar-refractivity contribution >= 4 is 28.6 Å². The first-order valence-corrected chi connectivity index (χ1v) is 12.3. The van der Waals surface area contributed by atoms with Crippen molar-refractivity contribution < 1.29 is 9.59 Å². The number of piperidine rings is 1. The van der Waals surface area contributed by atoms with Gasteiger partial charge in [0, 0.05) is 26.3 Å². The van der Waals surface area contributed by atoms with Crippen LogP contribution in [0, 0.1) is 23.7 Å². The Bertz CT molecular complexity index is 872. The van der Waals surface area contributed by atoms with E-state index in [1.54, 1.807) is 28.9 Å². The molecule has 1 saturated heterocycles. The quantitative estimate of drug-likeness (QED) is 0.713. The fraction of sp³-hybridized carbons (Fsp3) is 0.739. The molecule has 6 nitrogen and oxygen atoms in total. The van der Waals surface area contributed by atoms with Gasteiger partial charge in [-0.25, -0.2) is 9.98 Å². The molecule has 3 heterocycles. The minimum atomic E-state index is -0.412. The predicted octanol–water partition coefficient (Wildman–Crippen LogP) is 3.92. The van der Waals surface area contributed by atoms with Crippen molar-refractivity contribution in [3.63, 3.8) is 0 Å². The average Bonchev–Trinajstić information content (AvgIpc) is 3.48. The number of carbonyl (C=O) groups excluding carboxylic acids is 2. The molecule has 4 aliphatic rings. The summed E-state index contributed by atoms with van der Waals surface area (Å²) in [6, 6.07) is 0. The van der Waals surface area contributed by atoms with Crippen LogP contribution in [-0.4, -0.2) is 49.1 Å². The van der Waals surface area contributed by atoms with Crippen LogP contribution < -0.4 is 0 Å². The molecule has 5 rings (SSSR count). The molecule has 3 fully saturated rings. The van der Waals surface area contributed by atoms with Gasteiger partial charge in [-0.3, -0.25) is 9.59 Å². The van der Waals surface area contributed by atoms with Gasteiger partial charge in [-0.15, -0.1) is 0 Å². The molecule has 0 aromatic carbocycles. The van der Waals surface area contributed by atoms with Crippen molar-refractivity contribution in [1.29, 1.82) is 0 Å². The lowest BCUT2D eigenvalue weighted by molar-refractivity contribution is -0.119. The van der Waals surface area contributed by atoms with Crippen LogP contribution in [0.25, 0.3) is 0 Å². The van der Waals surface area contributed by atoms with Crippen LogP contribution in [0.5, 0.6) is 0 Å². The maximum atomic E-state index is 12.8. The summed E-state index contributed by atoms with van der Waals surface area (Å²) >= 11 is 1.74. The van der Waals surface area contributed by atoms with Gasteiger partial charge in [-0.05, 0) is 75.5 Å². The fourth-order valence-electron chi connectivity index (χ4n) is 6.20. The monoisotopic (exact) mass is 428 g/mol. The largest absolute Gasteiger partial charge is 0.340 e. The lowest BCUT2D eigenvalue weighted by Crippen LogP contribution is -2.41. The zero-order valence-electron chi connectivity index (χ0n) is 18.0. The van der Waals surface area contributed by atoms with Crippen LogP contribution in [0.2, 0.25) is 0 Å². The number of amides is 2. The van der Waals surface area contributed by atoms with Gasteiger partial charge in [0.2, 0.25) is 0 Å². The first-order chi connectivity index (χ1) is 14.4. The number of carbonyl (C=O) groups is 2. The molecule has 0 radical (unpaired) electrons. The summed E-state index contributed by atoms with van der Waals surface area (Å²) in [6.07, 6.45) is 12.8. The van der Waals surface area contributed by atoms with Crippen molar-refractivity contribution in [3.8, 4) is 0 Å². The highest BCUT2D eigenvalue weighted by molar-refractivity contribution is 8.16. The second kappa shape index (κ2) is 7.81. The molecule has 2 bridgehead atoms. The molecule has 2 aliphatic carbocycles. The van der Waals surface area contributed by atoms with E-state index in [0.29, 0.717) is 11.6 Å². The van der Waals surface area contributed by atoms with Gasteiger partial charge in [0.1, 0.15) is 10.4 Å². The summed E-state index contributed by atoms with van der Waals surface area (Å²) in [4.78, 5) is 36.0. The van der Waals surface area contributed by atoms with Gasteiger partial charge in [0.05, 0.1) is 11.4 Å². The van der Waals surface area contributed by atoms with E-state index in [0.717, 1.165) is 61.6 Å². The number of thioether (sulfide) groups is 1. The van der Waals surface area contributed by atoms with E-state index in [1.807, 2.05) is 11.9 Å². The fourth-order valence-corrected chi connectivity index (χ4v) is 7.60. The number of aryl methyl sites for hydroxylation is 1. The Balaban J connectivity index is 1.13. The van der Waals surface area contributed by atoms with Crippen LogP contribution in [0.1, 0.15) is 68.8 Å². The summed E-state index contributed by atoms with van der Waals surface area (Å²) < 4.78 is 1.39. The summed E-state index contributed by atoms with van der Waals surface area (Å²) in [5, 5.41) is 1.09. The Morgan fingerprint density at radius 3 is 2.67 bits per heavy atom. The topological polar surface area (TPSA) is 67.6 Å². The molecular weight excluding hydrogens is 396 g/mol. The van der Waals surface area contributed by atoms with Crippen molar-refractivity contribution in [2.45, 2.75) is 63.0 Å². The van der Waals surface area contributed by atoms with Crippen LogP contribution in [0.4, 0.5) is 0 Å². The smallest absolute Gasteiger partial charge is 0.274 e. The lowest BCUT2D eigenvalue weighted by atomic mass is 9.86.